The fraction of sp³-hybridized carbons (Fsp3) is 0.412. The molecule has 0 radical (unpaired) electrons. The highest BCUT2D eigenvalue weighted by atomic mass is 16.5. The van der Waals surface area contributed by atoms with Crippen LogP contribution in [-0.2, 0) is 25.7 Å². The molecule has 5 heteroatoms. The third-order valence-corrected chi connectivity index (χ3v) is 2.77. The molecule has 22 heavy (non-hydrogen) atoms. The summed E-state index contributed by atoms with van der Waals surface area (Å²) in [5, 5.41) is 0. The van der Waals surface area contributed by atoms with Gasteiger partial charge in [-0.15, -0.1) is 0 Å². The first-order valence-corrected chi connectivity index (χ1v) is 7.24. The predicted molar refractivity (Wildman–Crippen MR) is 84.1 cm³/mol. The van der Waals surface area contributed by atoms with E-state index in [1.807, 2.05) is 30.3 Å². The van der Waals surface area contributed by atoms with Gasteiger partial charge in [-0.05, 0) is 12.5 Å². The molecule has 0 aliphatic heterocycles. The third kappa shape index (κ3) is 6.54. The molecule has 120 valence electrons. The van der Waals surface area contributed by atoms with Crippen LogP contribution in [0.4, 0.5) is 0 Å². The second-order valence-electron chi connectivity index (χ2n) is 4.94. The first-order valence-electron chi connectivity index (χ1n) is 7.24. The number of rotatable bonds is 9. The summed E-state index contributed by atoms with van der Waals surface area (Å²) < 4.78 is 10.4. The molecule has 1 aromatic rings. The molecule has 0 unspecified atom stereocenters. The van der Waals surface area contributed by atoms with E-state index in [1.54, 1.807) is 25.9 Å². The molecule has 0 fully saturated rings. The number of benzene rings is 1. The largest absolute Gasteiger partial charge is 0.462 e. The van der Waals surface area contributed by atoms with E-state index in [2.05, 4.69) is 0 Å². The van der Waals surface area contributed by atoms with Crippen molar-refractivity contribution in [2.75, 3.05) is 27.3 Å². The normalized spacial score (nSPS) is 11.1. The van der Waals surface area contributed by atoms with Crippen molar-refractivity contribution in [1.29, 1.82) is 0 Å². The standard InChI is InChI=1S/C17H23NO4/c1-4-22-17(20)15(12-18(2)3)16(19)10-11-21-13-14-8-6-5-7-9-14/h5-9,12H,4,10-11,13H2,1-3H3/b15-12-. The Labute approximate surface area is 131 Å². The van der Waals surface area contributed by atoms with Crippen LogP contribution in [0.5, 0.6) is 0 Å². The topological polar surface area (TPSA) is 55.8 Å². The Morgan fingerprint density at radius 1 is 1.18 bits per heavy atom. The molecule has 0 spiro atoms. The predicted octanol–water partition coefficient (Wildman–Crippen LogP) is 2.17. The SMILES string of the molecule is CCOC(=O)/C(=C\N(C)C)C(=O)CCOCc1ccccc1. The molecular formula is C17H23NO4. The fourth-order valence-corrected chi connectivity index (χ4v) is 1.77. The van der Waals surface area contributed by atoms with E-state index in [4.69, 9.17) is 9.47 Å². The van der Waals surface area contributed by atoms with E-state index in [1.165, 1.54) is 6.20 Å². The van der Waals surface area contributed by atoms with Crippen LogP contribution in [0, 0.1) is 0 Å². The molecule has 0 bridgehead atoms. The average molecular weight is 305 g/mol. The van der Waals surface area contributed by atoms with Crippen LogP contribution < -0.4 is 0 Å². The summed E-state index contributed by atoms with van der Waals surface area (Å²) in [6.45, 7) is 2.65. The Bertz CT molecular complexity index is 509. The van der Waals surface area contributed by atoms with Gasteiger partial charge in [0.1, 0.15) is 5.57 Å². The maximum atomic E-state index is 12.1. The number of Topliss-reactive ketones (excluding diaryl/α,β-unsaturated/α-hetero) is 1. The summed E-state index contributed by atoms with van der Waals surface area (Å²) in [7, 11) is 3.50. The fourth-order valence-electron chi connectivity index (χ4n) is 1.77. The van der Waals surface area contributed by atoms with E-state index in [0.717, 1.165) is 5.56 Å². The van der Waals surface area contributed by atoms with Crippen molar-refractivity contribution in [3.63, 3.8) is 0 Å². The molecule has 5 nitrogen and oxygen atoms in total. The zero-order valence-electron chi connectivity index (χ0n) is 13.4. The number of ketones is 1. The van der Waals surface area contributed by atoms with Crippen molar-refractivity contribution in [3.8, 4) is 0 Å². The highest BCUT2D eigenvalue weighted by Crippen LogP contribution is 2.06. The monoisotopic (exact) mass is 305 g/mol. The highest BCUT2D eigenvalue weighted by molar-refractivity contribution is 6.17. The van der Waals surface area contributed by atoms with Crippen LogP contribution in [0.1, 0.15) is 18.9 Å². The first-order chi connectivity index (χ1) is 10.5. The first kappa shape index (κ1) is 17.9. The molecule has 0 atom stereocenters. The van der Waals surface area contributed by atoms with Crippen molar-refractivity contribution >= 4 is 11.8 Å². The molecule has 0 saturated heterocycles. The van der Waals surface area contributed by atoms with Crippen LogP contribution in [0.2, 0.25) is 0 Å². The number of carbonyl (C=O) groups excluding carboxylic acids is 2. The lowest BCUT2D eigenvalue weighted by Gasteiger charge is -2.11. The lowest BCUT2D eigenvalue weighted by Crippen LogP contribution is -2.20. The lowest BCUT2D eigenvalue weighted by atomic mass is 10.1. The number of carbonyl (C=O) groups is 2. The van der Waals surface area contributed by atoms with Crippen LogP contribution in [0.3, 0.4) is 0 Å². The number of hydrogen-bond acceptors (Lipinski definition) is 5. The van der Waals surface area contributed by atoms with Gasteiger partial charge in [0.15, 0.2) is 5.78 Å². The number of esters is 1. The molecule has 0 aliphatic carbocycles. The van der Waals surface area contributed by atoms with E-state index in [9.17, 15) is 9.59 Å². The third-order valence-electron chi connectivity index (χ3n) is 2.77. The van der Waals surface area contributed by atoms with Crippen LogP contribution in [0.25, 0.3) is 0 Å². The summed E-state index contributed by atoms with van der Waals surface area (Å²) in [6.07, 6.45) is 1.63. The summed E-state index contributed by atoms with van der Waals surface area (Å²) in [5.74, 6) is -0.871. The summed E-state index contributed by atoms with van der Waals surface area (Å²) >= 11 is 0. The number of ether oxygens (including phenoxy) is 2. The maximum Gasteiger partial charge on any atom is 0.343 e. The highest BCUT2D eigenvalue weighted by Gasteiger charge is 2.19. The minimum atomic E-state index is -0.593. The van der Waals surface area contributed by atoms with E-state index < -0.39 is 5.97 Å². The van der Waals surface area contributed by atoms with Gasteiger partial charge in [0, 0.05) is 26.7 Å². The Balaban J connectivity index is 2.48. The smallest absolute Gasteiger partial charge is 0.343 e. The van der Waals surface area contributed by atoms with Gasteiger partial charge in [0.2, 0.25) is 0 Å². The molecule has 1 aromatic carbocycles. The molecule has 0 aromatic heterocycles. The van der Waals surface area contributed by atoms with Gasteiger partial charge in [0.05, 0.1) is 19.8 Å². The Morgan fingerprint density at radius 3 is 2.45 bits per heavy atom. The molecule has 0 N–H and O–H groups in total. The molecule has 1 rings (SSSR count). The average Bonchev–Trinajstić information content (AvgIpc) is 2.50. The molecule has 0 amide bonds. The van der Waals surface area contributed by atoms with Gasteiger partial charge in [-0.1, -0.05) is 30.3 Å². The number of nitrogens with zero attached hydrogens (tertiary/aromatic N) is 1. The quantitative estimate of drug-likeness (QED) is 0.230. The van der Waals surface area contributed by atoms with Crippen LogP contribution >= 0.6 is 0 Å². The molecule has 0 heterocycles. The van der Waals surface area contributed by atoms with Crippen LogP contribution in [-0.4, -0.2) is 44.0 Å². The van der Waals surface area contributed by atoms with Gasteiger partial charge in [-0.3, -0.25) is 4.79 Å². The van der Waals surface area contributed by atoms with Crippen molar-refractivity contribution in [1.82, 2.24) is 4.90 Å². The lowest BCUT2D eigenvalue weighted by molar-refractivity contribution is -0.140. The van der Waals surface area contributed by atoms with E-state index in [0.29, 0.717) is 6.61 Å². The van der Waals surface area contributed by atoms with Crippen molar-refractivity contribution in [2.45, 2.75) is 20.0 Å². The van der Waals surface area contributed by atoms with Crippen molar-refractivity contribution < 1.29 is 19.1 Å². The Morgan fingerprint density at radius 2 is 1.86 bits per heavy atom. The van der Waals surface area contributed by atoms with Crippen molar-refractivity contribution in [3.05, 3.63) is 47.7 Å². The minimum Gasteiger partial charge on any atom is -0.462 e. The van der Waals surface area contributed by atoms with Gasteiger partial charge < -0.3 is 14.4 Å². The maximum absolute atomic E-state index is 12.1. The van der Waals surface area contributed by atoms with E-state index >= 15 is 0 Å². The molecular weight excluding hydrogens is 282 g/mol. The zero-order valence-corrected chi connectivity index (χ0v) is 13.4. The van der Waals surface area contributed by atoms with Gasteiger partial charge in [-0.25, -0.2) is 4.79 Å². The van der Waals surface area contributed by atoms with E-state index in [-0.39, 0.29) is 31.0 Å². The van der Waals surface area contributed by atoms with Gasteiger partial charge in [-0.2, -0.15) is 0 Å². The minimum absolute atomic E-state index is 0.0511. The molecule has 0 saturated carbocycles. The number of hydrogen-bond donors (Lipinski definition) is 0. The summed E-state index contributed by atoms with van der Waals surface area (Å²) in [5.41, 5.74) is 1.10. The zero-order chi connectivity index (χ0) is 16.4. The molecule has 0 aliphatic rings. The Hall–Kier alpha value is -2.14. The van der Waals surface area contributed by atoms with Gasteiger partial charge in [0.25, 0.3) is 0 Å². The Kier molecular flexibility index (Phi) is 7.92. The summed E-state index contributed by atoms with van der Waals surface area (Å²) in [4.78, 5) is 25.6. The van der Waals surface area contributed by atoms with Crippen molar-refractivity contribution in [2.24, 2.45) is 0 Å². The second kappa shape index (κ2) is 9.73. The van der Waals surface area contributed by atoms with Crippen LogP contribution in [0.15, 0.2) is 42.1 Å². The van der Waals surface area contributed by atoms with Gasteiger partial charge >= 0.3 is 5.97 Å². The second-order valence-corrected chi connectivity index (χ2v) is 4.94. The summed E-state index contributed by atoms with van der Waals surface area (Å²) in [6, 6.07) is 9.71.